The highest BCUT2D eigenvalue weighted by molar-refractivity contribution is 7.13. The van der Waals surface area contributed by atoms with E-state index in [0.29, 0.717) is 22.9 Å². The lowest BCUT2D eigenvalue weighted by molar-refractivity contribution is -0.141. The van der Waals surface area contributed by atoms with Crippen molar-refractivity contribution in [2.24, 2.45) is 0 Å². The van der Waals surface area contributed by atoms with E-state index >= 15 is 0 Å². The smallest absolute Gasteiger partial charge is 0.373 e. The molecule has 3 heterocycles. The van der Waals surface area contributed by atoms with Gasteiger partial charge in [-0.1, -0.05) is 0 Å². The zero-order chi connectivity index (χ0) is 22.9. The number of nitrogens with one attached hydrogen (secondary N) is 1. The second-order valence-corrected chi connectivity index (χ2v) is 8.60. The summed E-state index contributed by atoms with van der Waals surface area (Å²) < 4.78 is 45.0. The molecule has 0 bridgehead atoms. The van der Waals surface area contributed by atoms with Crippen LogP contribution in [0.2, 0.25) is 0 Å². The van der Waals surface area contributed by atoms with E-state index in [-0.39, 0.29) is 18.1 Å². The highest BCUT2D eigenvalue weighted by Crippen LogP contribution is 2.28. The van der Waals surface area contributed by atoms with Crippen LogP contribution in [0.5, 0.6) is 0 Å². The minimum Gasteiger partial charge on any atom is -0.373 e. The molecule has 11 heteroatoms. The summed E-state index contributed by atoms with van der Waals surface area (Å²) in [5, 5.41) is 8.70. The van der Waals surface area contributed by atoms with Gasteiger partial charge in [-0.3, -0.25) is 15.0 Å². The quantitative estimate of drug-likeness (QED) is 0.611. The van der Waals surface area contributed by atoms with Crippen molar-refractivity contribution in [3.8, 4) is 5.69 Å². The number of anilines is 1. The number of ether oxygens (including phenoxy) is 1. The van der Waals surface area contributed by atoms with Gasteiger partial charge in [-0.25, -0.2) is 9.67 Å². The molecule has 7 nitrogen and oxygen atoms in total. The van der Waals surface area contributed by atoms with Gasteiger partial charge in [-0.2, -0.15) is 18.3 Å². The maximum Gasteiger partial charge on any atom is 0.435 e. The van der Waals surface area contributed by atoms with Crippen molar-refractivity contribution in [1.82, 2.24) is 19.7 Å². The van der Waals surface area contributed by atoms with Crippen LogP contribution in [0, 0.1) is 0 Å². The molecule has 1 aromatic carbocycles. The highest BCUT2D eigenvalue weighted by atomic mass is 32.1. The molecule has 2 aromatic heterocycles. The molecule has 4 rings (SSSR count). The van der Waals surface area contributed by atoms with E-state index < -0.39 is 11.9 Å². The molecule has 1 saturated heterocycles. The number of hydrogen-bond acceptors (Lipinski definition) is 6. The number of alkyl halides is 3. The topological polar surface area (TPSA) is 72.3 Å². The summed E-state index contributed by atoms with van der Waals surface area (Å²) in [6.07, 6.45) is -2.94. The van der Waals surface area contributed by atoms with E-state index in [1.54, 1.807) is 0 Å². The fourth-order valence-electron chi connectivity index (χ4n) is 3.63. The van der Waals surface area contributed by atoms with E-state index in [1.165, 1.54) is 41.8 Å². The van der Waals surface area contributed by atoms with Gasteiger partial charge in [0, 0.05) is 36.8 Å². The Hall–Kier alpha value is -2.76. The van der Waals surface area contributed by atoms with Gasteiger partial charge in [0.15, 0.2) is 10.8 Å². The Morgan fingerprint density at radius 1 is 1.19 bits per heavy atom. The Balaban J connectivity index is 1.37. The number of morpholine rings is 1. The minimum atomic E-state index is -4.50. The predicted octanol–water partition coefficient (Wildman–Crippen LogP) is 4.21. The number of halogens is 3. The van der Waals surface area contributed by atoms with Crippen LogP contribution in [0.4, 0.5) is 18.3 Å². The fraction of sp³-hybridized carbons (Fsp3) is 0.381. The van der Waals surface area contributed by atoms with Crippen LogP contribution in [0.25, 0.3) is 5.69 Å². The van der Waals surface area contributed by atoms with Crippen molar-refractivity contribution in [1.29, 1.82) is 0 Å². The molecule has 1 aliphatic heterocycles. The summed E-state index contributed by atoms with van der Waals surface area (Å²) in [5.74, 6) is -0.345. The number of carbonyl (C=O) groups excluding carboxylic acids is 1. The molecule has 0 aliphatic carbocycles. The number of rotatable bonds is 5. The summed E-state index contributed by atoms with van der Waals surface area (Å²) in [6.45, 7) is 6.43. The monoisotopic (exact) mass is 465 g/mol. The first-order valence-electron chi connectivity index (χ1n) is 10.0. The van der Waals surface area contributed by atoms with Gasteiger partial charge in [0.25, 0.3) is 5.91 Å². The van der Waals surface area contributed by atoms with Gasteiger partial charge >= 0.3 is 6.18 Å². The van der Waals surface area contributed by atoms with Gasteiger partial charge in [0.2, 0.25) is 0 Å². The van der Waals surface area contributed by atoms with Gasteiger partial charge in [0.05, 0.1) is 23.6 Å². The molecule has 3 aromatic rings. The van der Waals surface area contributed by atoms with Crippen LogP contribution in [0.3, 0.4) is 0 Å². The Morgan fingerprint density at radius 3 is 2.50 bits per heavy atom. The number of thiazole rings is 1. The van der Waals surface area contributed by atoms with Crippen molar-refractivity contribution >= 4 is 22.4 Å². The first-order chi connectivity index (χ1) is 15.2. The maximum atomic E-state index is 12.7. The number of aromatic nitrogens is 3. The van der Waals surface area contributed by atoms with Crippen LogP contribution in [0.1, 0.15) is 35.6 Å². The highest BCUT2D eigenvalue weighted by Gasteiger charge is 2.33. The SMILES string of the molecule is CC1CN(Cc2csc(NC(=O)c3ccc(-n4ccc(C(F)(F)F)n4)cc3)n2)CC(C)O1. The molecule has 32 heavy (non-hydrogen) atoms. The Kier molecular flexibility index (Phi) is 6.31. The standard InChI is InChI=1S/C21H22F3N5O2S/c1-13-9-28(10-14(2)31-13)11-16-12-32-20(25-16)26-19(30)15-3-5-17(6-4-15)29-8-7-18(27-29)21(22,23)24/h3-8,12-14H,9-11H2,1-2H3,(H,25,26,30). The van der Waals surface area contributed by atoms with Crippen LogP contribution in [0.15, 0.2) is 41.9 Å². The number of benzene rings is 1. The molecule has 1 N–H and O–H groups in total. The van der Waals surface area contributed by atoms with Gasteiger partial charge in [-0.05, 0) is 44.2 Å². The van der Waals surface area contributed by atoms with Crippen LogP contribution >= 0.6 is 11.3 Å². The molecule has 0 saturated carbocycles. The van der Waals surface area contributed by atoms with E-state index in [9.17, 15) is 18.0 Å². The van der Waals surface area contributed by atoms with Crippen LogP contribution < -0.4 is 5.32 Å². The summed E-state index contributed by atoms with van der Waals surface area (Å²) in [7, 11) is 0. The Bertz CT molecular complexity index is 1070. The first-order valence-corrected chi connectivity index (χ1v) is 10.9. The molecule has 0 radical (unpaired) electrons. The lowest BCUT2D eigenvalue weighted by Gasteiger charge is -2.34. The third-order valence-corrected chi connectivity index (χ3v) is 5.73. The Labute approximate surface area is 186 Å². The van der Waals surface area contributed by atoms with Gasteiger partial charge in [-0.15, -0.1) is 11.3 Å². The summed E-state index contributed by atoms with van der Waals surface area (Å²) in [5.41, 5.74) is 0.688. The van der Waals surface area contributed by atoms with Crippen molar-refractivity contribution < 1.29 is 22.7 Å². The average Bonchev–Trinajstić information content (AvgIpc) is 3.37. The van der Waals surface area contributed by atoms with E-state index in [1.807, 2.05) is 19.2 Å². The van der Waals surface area contributed by atoms with Crippen LogP contribution in [-0.2, 0) is 17.5 Å². The Morgan fingerprint density at radius 2 is 1.88 bits per heavy atom. The van der Waals surface area contributed by atoms with Gasteiger partial charge < -0.3 is 4.74 Å². The lowest BCUT2D eigenvalue weighted by Crippen LogP contribution is -2.44. The second-order valence-electron chi connectivity index (χ2n) is 7.74. The van der Waals surface area contributed by atoms with E-state index in [0.717, 1.165) is 29.5 Å². The molecular weight excluding hydrogens is 443 g/mol. The second kappa shape index (κ2) is 9.00. The largest absolute Gasteiger partial charge is 0.435 e. The number of hydrogen-bond donors (Lipinski definition) is 1. The lowest BCUT2D eigenvalue weighted by atomic mass is 10.2. The zero-order valence-corrected chi connectivity index (χ0v) is 18.3. The summed E-state index contributed by atoms with van der Waals surface area (Å²) in [6, 6.07) is 7.04. The predicted molar refractivity (Wildman–Crippen MR) is 114 cm³/mol. The molecule has 1 aliphatic rings. The first kappa shape index (κ1) is 22.4. The van der Waals surface area contributed by atoms with E-state index in [4.69, 9.17) is 4.74 Å². The summed E-state index contributed by atoms with van der Waals surface area (Å²) in [4.78, 5) is 19.3. The van der Waals surface area contributed by atoms with Crippen molar-refractivity contribution in [3.63, 3.8) is 0 Å². The van der Waals surface area contributed by atoms with Crippen molar-refractivity contribution in [3.05, 3.63) is 58.9 Å². The molecule has 2 atom stereocenters. The fourth-order valence-corrected chi connectivity index (χ4v) is 4.33. The normalized spacial score (nSPS) is 19.8. The van der Waals surface area contributed by atoms with Crippen molar-refractivity contribution in [2.75, 3.05) is 18.4 Å². The maximum absolute atomic E-state index is 12.7. The molecule has 1 amide bonds. The third kappa shape index (κ3) is 5.34. The molecular formula is C21H22F3N5O2S. The number of nitrogens with zero attached hydrogens (tertiary/aromatic N) is 4. The average molecular weight is 466 g/mol. The molecule has 170 valence electrons. The number of carbonyl (C=O) groups is 1. The minimum absolute atomic E-state index is 0.168. The van der Waals surface area contributed by atoms with Gasteiger partial charge in [0.1, 0.15) is 0 Å². The van der Waals surface area contributed by atoms with E-state index in [2.05, 4.69) is 20.3 Å². The molecule has 1 fully saturated rings. The zero-order valence-electron chi connectivity index (χ0n) is 17.5. The molecule has 2 unspecified atom stereocenters. The van der Waals surface area contributed by atoms with Crippen molar-refractivity contribution in [2.45, 2.75) is 38.8 Å². The van der Waals surface area contributed by atoms with Crippen LogP contribution in [-0.4, -0.2) is 50.9 Å². The molecule has 0 spiro atoms. The summed E-state index contributed by atoms with van der Waals surface area (Å²) >= 11 is 1.35. The third-order valence-electron chi connectivity index (χ3n) is 4.93. The number of amides is 1.